The molecule has 6 heteroatoms. The van der Waals surface area contributed by atoms with E-state index in [1.54, 1.807) is 6.92 Å². The van der Waals surface area contributed by atoms with Crippen LogP contribution in [0.25, 0.3) is 0 Å². The van der Waals surface area contributed by atoms with Crippen LogP contribution < -0.4 is 20.3 Å². The predicted molar refractivity (Wildman–Crippen MR) is 104 cm³/mol. The molecule has 0 fully saturated rings. The summed E-state index contributed by atoms with van der Waals surface area (Å²) in [6, 6.07) is 11.5. The van der Waals surface area contributed by atoms with Gasteiger partial charge in [-0.1, -0.05) is 35.9 Å². The standard InChI is InChI=1S/C21H26N2O4/c1-13-9-10-18(16(4)11-13)26-12-19(24)22-23-21(25)17(5)27-20-14(2)7-6-8-15(20)3/h6-11,17H,12H2,1-5H3,(H,22,24)(H,23,25)/t17-/m1/s1. The van der Waals surface area contributed by atoms with Gasteiger partial charge in [0.25, 0.3) is 11.8 Å². The molecule has 0 heterocycles. The van der Waals surface area contributed by atoms with Gasteiger partial charge in [-0.15, -0.1) is 0 Å². The highest BCUT2D eigenvalue weighted by Gasteiger charge is 2.17. The maximum Gasteiger partial charge on any atom is 0.279 e. The van der Waals surface area contributed by atoms with Gasteiger partial charge < -0.3 is 9.47 Å². The van der Waals surface area contributed by atoms with Crippen molar-refractivity contribution in [3.63, 3.8) is 0 Å². The Balaban J connectivity index is 1.81. The van der Waals surface area contributed by atoms with Crippen molar-refractivity contribution in [3.05, 3.63) is 58.7 Å². The van der Waals surface area contributed by atoms with Crippen molar-refractivity contribution in [3.8, 4) is 11.5 Å². The topological polar surface area (TPSA) is 76.7 Å². The van der Waals surface area contributed by atoms with Crippen LogP contribution in [0.3, 0.4) is 0 Å². The van der Waals surface area contributed by atoms with E-state index in [1.807, 2.05) is 64.1 Å². The maximum atomic E-state index is 12.1. The smallest absolute Gasteiger partial charge is 0.279 e. The summed E-state index contributed by atoms with van der Waals surface area (Å²) in [6.07, 6.45) is -0.759. The van der Waals surface area contributed by atoms with Gasteiger partial charge in [-0.25, -0.2) is 0 Å². The number of hydrogen-bond acceptors (Lipinski definition) is 4. The van der Waals surface area contributed by atoms with E-state index < -0.39 is 17.9 Å². The first-order valence-corrected chi connectivity index (χ1v) is 8.79. The van der Waals surface area contributed by atoms with Crippen LogP contribution in [0.5, 0.6) is 11.5 Å². The van der Waals surface area contributed by atoms with Gasteiger partial charge in [0, 0.05) is 0 Å². The lowest BCUT2D eigenvalue weighted by Crippen LogP contribution is -2.48. The van der Waals surface area contributed by atoms with Crippen LogP contribution in [-0.4, -0.2) is 24.5 Å². The van der Waals surface area contributed by atoms with E-state index in [0.717, 1.165) is 22.3 Å². The fourth-order valence-corrected chi connectivity index (χ4v) is 2.59. The van der Waals surface area contributed by atoms with E-state index in [9.17, 15) is 9.59 Å². The van der Waals surface area contributed by atoms with Crippen LogP contribution in [0.15, 0.2) is 36.4 Å². The Kier molecular flexibility index (Phi) is 6.82. The molecule has 2 aromatic rings. The highest BCUT2D eigenvalue weighted by atomic mass is 16.5. The van der Waals surface area contributed by atoms with Crippen LogP contribution in [0.4, 0.5) is 0 Å². The second kappa shape index (κ2) is 9.07. The molecule has 0 aliphatic heterocycles. The molecule has 0 radical (unpaired) electrons. The van der Waals surface area contributed by atoms with Crippen molar-refractivity contribution in [2.75, 3.05) is 6.61 Å². The Morgan fingerprint density at radius 1 is 0.963 bits per heavy atom. The number of carbonyl (C=O) groups excluding carboxylic acids is 2. The molecule has 0 spiro atoms. The van der Waals surface area contributed by atoms with Gasteiger partial charge in [0.2, 0.25) is 0 Å². The lowest BCUT2D eigenvalue weighted by Gasteiger charge is -2.18. The minimum absolute atomic E-state index is 0.198. The SMILES string of the molecule is Cc1ccc(OCC(=O)NNC(=O)[C@@H](C)Oc2c(C)cccc2C)c(C)c1. The molecule has 0 aliphatic rings. The number of hydrogen-bond donors (Lipinski definition) is 2. The molecular weight excluding hydrogens is 344 g/mol. The minimum Gasteiger partial charge on any atom is -0.483 e. The summed E-state index contributed by atoms with van der Waals surface area (Å²) in [6.45, 7) is 9.16. The van der Waals surface area contributed by atoms with Crippen LogP contribution in [-0.2, 0) is 9.59 Å². The van der Waals surface area contributed by atoms with Gasteiger partial charge in [0.15, 0.2) is 12.7 Å². The Bertz CT molecular complexity index is 813. The van der Waals surface area contributed by atoms with Crippen molar-refractivity contribution in [2.45, 2.75) is 40.7 Å². The molecule has 6 nitrogen and oxygen atoms in total. The van der Waals surface area contributed by atoms with Gasteiger partial charge in [0.1, 0.15) is 11.5 Å². The van der Waals surface area contributed by atoms with Crippen molar-refractivity contribution in [2.24, 2.45) is 0 Å². The van der Waals surface area contributed by atoms with Crippen molar-refractivity contribution in [1.29, 1.82) is 0 Å². The predicted octanol–water partition coefficient (Wildman–Crippen LogP) is 2.91. The van der Waals surface area contributed by atoms with E-state index in [1.165, 1.54) is 0 Å². The molecule has 0 bridgehead atoms. The molecule has 1 atom stereocenters. The molecule has 2 rings (SSSR count). The lowest BCUT2D eigenvalue weighted by atomic mass is 10.1. The summed E-state index contributed by atoms with van der Waals surface area (Å²) in [5.74, 6) is 0.401. The molecule has 0 saturated carbocycles. The molecule has 0 unspecified atom stereocenters. The quantitative estimate of drug-likeness (QED) is 0.767. The Morgan fingerprint density at radius 2 is 1.63 bits per heavy atom. The molecule has 2 aromatic carbocycles. The minimum atomic E-state index is -0.759. The Morgan fingerprint density at radius 3 is 2.26 bits per heavy atom. The number of ether oxygens (including phenoxy) is 2. The third-order valence-electron chi connectivity index (χ3n) is 4.09. The first kappa shape index (κ1) is 20.3. The highest BCUT2D eigenvalue weighted by molar-refractivity contribution is 5.85. The Hall–Kier alpha value is -3.02. The molecule has 0 aliphatic carbocycles. The van der Waals surface area contributed by atoms with Crippen LogP contribution in [0.2, 0.25) is 0 Å². The first-order chi connectivity index (χ1) is 12.8. The fraction of sp³-hybridized carbons (Fsp3) is 0.333. The van der Waals surface area contributed by atoms with Crippen LogP contribution in [0, 0.1) is 27.7 Å². The Labute approximate surface area is 159 Å². The van der Waals surface area contributed by atoms with Gasteiger partial charge in [-0.05, 0) is 57.4 Å². The van der Waals surface area contributed by atoms with E-state index in [4.69, 9.17) is 9.47 Å². The summed E-state index contributed by atoms with van der Waals surface area (Å²) >= 11 is 0. The molecule has 0 aromatic heterocycles. The van der Waals surface area contributed by atoms with Gasteiger partial charge >= 0.3 is 0 Å². The molecule has 144 valence electrons. The van der Waals surface area contributed by atoms with Crippen molar-refractivity contribution >= 4 is 11.8 Å². The maximum absolute atomic E-state index is 12.1. The van der Waals surface area contributed by atoms with Gasteiger partial charge in [-0.3, -0.25) is 20.4 Å². The lowest BCUT2D eigenvalue weighted by molar-refractivity contribution is -0.133. The average molecular weight is 370 g/mol. The molecule has 2 N–H and O–H groups in total. The summed E-state index contributed by atoms with van der Waals surface area (Å²) in [7, 11) is 0. The molecule has 2 amide bonds. The number of benzene rings is 2. The zero-order valence-electron chi connectivity index (χ0n) is 16.4. The number of hydrazine groups is 1. The van der Waals surface area contributed by atoms with Crippen molar-refractivity contribution < 1.29 is 19.1 Å². The monoisotopic (exact) mass is 370 g/mol. The summed E-state index contributed by atoms with van der Waals surface area (Å²) in [4.78, 5) is 24.0. The molecular formula is C21H26N2O4. The molecule has 0 saturated heterocycles. The number of aryl methyl sites for hydroxylation is 4. The third kappa shape index (κ3) is 5.74. The highest BCUT2D eigenvalue weighted by Crippen LogP contribution is 2.23. The zero-order valence-corrected chi connectivity index (χ0v) is 16.4. The second-order valence-electron chi connectivity index (χ2n) is 6.58. The normalized spacial score (nSPS) is 11.4. The van der Waals surface area contributed by atoms with E-state index in [-0.39, 0.29) is 6.61 Å². The molecule has 27 heavy (non-hydrogen) atoms. The number of amides is 2. The number of rotatable bonds is 6. The largest absolute Gasteiger partial charge is 0.483 e. The van der Waals surface area contributed by atoms with E-state index >= 15 is 0 Å². The van der Waals surface area contributed by atoms with E-state index in [2.05, 4.69) is 10.9 Å². The van der Waals surface area contributed by atoms with E-state index in [0.29, 0.717) is 11.5 Å². The summed E-state index contributed by atoms with van der Waals surface area (Å²) in [5.41, 5.74) is 8.65. The van der Waals surface area contributed by atoms with Crippen molar-refractivity contribution in [1.82, 2.24) is 10.9 Å². The zero-order chi connectivity index (χ0) is 20.0. The summed E-state index contributed by atoms with van der Waals surface area (Å²) < 4.78 is 11.2. The second-order valence-corrected chi connectivity index (χ2v) is 6.58. The number of para-hydroxylation sites is 1. The number of nitrogens with one attached hydrogen (secondary N) is 2. The van der Waals surface area contributed by atoms with Crippen LogP contribution >= 0.6 is 0 Å². The third-order valence-corrected chi connectivity index (χ3v) is 4.09. The van der Waals surface area contributed by atoms with Crippen LogP contribution in [0.1, 0.15) is 29.2 Å². The van der Waals surface area contributed by atoms with Gasteiger partial charge in [-0.2, -0.15) is 0 Å². The fourth-order valence-electron chi connectivity index (χ4n) is 2.59. The van der Waals surface area contributed by atoms with Gasteiger partial charge in [0.05, 0.1) is 0 Å². The average Bonchev–Trinajstić information content (AvgIpc) is 2.62. The summed E-state index contributed by atoms with van der Waals surface area (Å²) in [5, 5.41) is 0. The number of carbonyl (C=O) groups is 2. The first-order valence-electron chi connectivity index (χ1n) is 8.79.